The number of halogens is 4. The molecule has 94 valence electrons. The third kappa shape index (κ3) is 3.92. The predicted octanol–water partition coefficient (Wildman–Crippen LogP) is 3.99. The highest BCUT2D eigenvalue weighted by atomic mass is 79.9. The van der Waals surface area contributed by atoms with Gasteiger partial charge in [0.05, 0.1) is 4.83 Å². The van der Waals surface area contributed by atoms with E-state index < -0.39 is 6.61 Å². The van der Waals surface area contributed by atoms with Crippen LogP contribution in [0.4, 0.5) is 8.78 Å². The highest BCUT2D eigenvalue weighted by Crippen LogP contribution is 2.23. The molecule has 6 heteroatoms. The van der Waals surface area contributed by atoms with Crippen molar-refractivity contribution in [1.82, 2.24) is 0 Å². The Balaban J connectivity index is 3.05. The Hall–Kier alpha value is -0.680. The summed E-state index contributed by atoms with van der Waals surface area (Å²) >= 11 is 8.83. The lowest BCUT2D eigenvalue weighted by Crippen LogP contribution is -2.12. The average molecular weight is 328 g/mol. The maximum absolute atomic E-state index is 12.0. The Kier molecular flexibility index (Phi) is 5.33. The summed E-state index contributed by atoms with van der Waals surface area (Å²) in [4.78, 5) is 11.4. The summed E-state index contributed by atoms with van der Waals surface area (Å²) in [5.41, 5.74) is 0.882. The van der Waals surface area contributed by atoms with E-state index in [1.54, 1.807) is 6.92 Å². The van der Waals surface area contributed by atoms with Crippen molar-refractivity contribution in [3.8, 4) is 5.75 Å². The third-order valence-electron chi connectivity index (χ3n) is 2.07. The first-order valence-corrected chi connectivity index (χ1v) is 6.22. The number of rotatable bonds is 5. The highest BCUT2D eigenvalue weighted by molar-refractivity contribution is 9.10. The molecule has 0 amide bonds. The zero-order valence-electron chi connectivity index (χ0n) is 8.92. The number of alkyl halides is 4. The SMILES string of the molecule is CC(Br)C(=O)c1ccc(OC(F)F)cc1CCl. The standard InChI is InChI=1S/C11H10BrClF2O2/c1-6(12)10(16)9-3-2-8(17-11(14)15)4-7(9)5-13/h2-4,6,11H,5H2,1H3. The quantitative estimate of drug-likeness (QED) is 0.604. The summed E-state index contributed by atoms with van der Waals surface area (Å²) in [6.07, 6.45) is 0. The summed E-state index contributed by atoms with van der Waals surface area (Å²) in [5.74, 6) is -0.0972. The lowest BCUT2D eigenvalue weighted by atomic mass is 10.0. The summed E-state index contributed by atoms with van der Waals surface area (Å²) < 4.78 is 28.3. The molecule has 0 heterocycles. The van der Waals surface area contributed by atoms with Crippen LogP contribution >= 0.6 is 27.5 Å². The van der Waals surface area contributed by atoms with Gasteiger partial charge in [-0.15, -0.1) is 11.6 Å². The first-order valence-electron chi connectivity index (χ1n) is 4.77. The molecular weight excluding hydrogens is 317 g/mol. The number of carbonyl (C=O) groups is 1. The minimum Gasteiger partial charge on any atom is -0.435 e. The summed E-state index contributed by atoms with van der Waals surface area (Å²) in [6, 6.07) is 4.11. The average Bonchev–Trinajstić information content (AvgIpc) is 2.27. The lowest BCUT2D eigenvalue weighted by Gasteiger charge is -2.10. The first kappa shape index (κ1) is 14.4. The van der Waals surface area contributed by atoms with Gasteiger partial charge in [0, 0.05) is 11.4 Å². The van der Waals surface area contributed by atoms with Gasteiger partial charge in [-0.05, 0) is 30.7 Å². The van der Waals surface area contributed by atoms with E-state index in [2.05, 4.69) is 20.7 Å². The van der Waals surface area contributed by atoms with Crippen LogP contribution < -0.4 is 4.74 Å². The fourth-order valence-corrected chi connectivity index (χ4v) is 1.78. The monoisotopic (exact) mass is 326 g/mol. The van der Waals surface area contributed by atoms with Crippen LogP contribution in [0.25, 0.3) is 0 Å². The van der Waals surface area contributed by atoms with Gasteiger partial charge >= 0.3 is 6.61 Å². The number of Topliss-reactive ketones (excluding diaryl/α,β-unsaturated/α-hetero) is 1. The molecule has 2 nitrogen and oxygen atoms in total. The molecule has 0 aliphatic heterocycles. The number of ether oxygens (including phenoxy) is 1. The molecule has 0 aliphatic rings. The van der Waals surface area contributed by atoms with Gasteiger partial charge in [-0.3, -0.25) is 4.79 Å². The summed E-state index contributed by atoms with van der Waals surface area (Å²) in [7, 11) is 0. The number of hydrogen-bond acceptors (Lipinski definition) is 2. The molecule has 17 heavy (non-hydrogen) atoms. The zero-order valence-corrected chi connectivity index (χ0v) is 11.3. The second-order valence-corrected chi connectivity index (χ2v) is 4.95. The molecule has 0 fully saturated rings. The van der Waals surface area contributed by atoms with E-state index in [0.29, 0.717) is 11.1 Å². The van der Waals surface area contributed by atoms with Crippen LogP contribution in [0.1, 0.15) is 22.8 Å². The molecule has 1 unspecified atom stereocenters. The van der Waals surface area contributed by atoms with E-state index >= 15 is 0 Å². The van der Waals surface area contributed by atoms with Gasteiger partial charge in [0.15, 0.2) is 5.78 Å². The Morgan fingerprint density at radius 3 is 2.65 bits per heavy atom. The second-order valence-electron chi connectivity index (χ2n) is 3.31. The Labute approximate surface area is 111 Å². The Morgan fingerprint density at radius 1 is 1.53 bits per heavy atom. The summed E-state index contributed by atoms with van der Waals surface area (Å²) in [5, 5.41) is 0. The number of carbonyl (C=O) groups excluding carboxylic acids is 1. The van der Waals surface area contributed by atoms with Crippen LogP contribution in [0, 0.1) is 0 Å². The third-order valence-corrected chi connectivity index (χ3v) is 2.78. The molecule has 0 bridgehead atoms. The van der Waals surface area contributed by atoms with E-state index in [9.17, 15) is 13.6 Å². The topological polar surface area (TPSA) is 26.3 Å². The van der Waals surface area contributed by atoms with E-state index in [1.807, 2.05) is 0 Å². The van der Waals surface area contributed by atoms with E-state index in [0.717, 1.165) is 0 Å². The molecule has 1 aromatic carbocycles. The van der Waals surface area contributed by atoms with E-state index in [1.165, 1.54) is 18.2 Å². The number of benzene rings is 1. The minimum absolute atomic E-state index is 0.00516. The van der Waals surface area contributed by atoms with Gasteiger partial charge in [-0.2, -0.15) is 8.78 Å². The van der Waals surface area contributed by atoms with Crippen LogP contribution in [-0.4, -0.2) is 17.2 Å². The number of hydrogen-bond donors (Lipinski definition) is 0. The molecular formula is C11H10BrClF2O2. The fourth-order valence-electron chi connectivity index (χ4n) is 1.31. The molecule has 1 atom stereocenters. The van der Waals surface area contributed by atoms with Crippen molar-refractivity contribution in [1.29, 1.82) is 0 Å². The van der Waals surface area contributed by atoms with Crippen LogP contribution in [0.5, 0.6) is 5.75 Å². The van der Waals surface area contributed by atoms with Crippen molar-refractivity contribution in [2.75, 3.05) is 0 Å². The summed E-state index contributed by atoms with van der Waals surface area (Å²) in [6.45, 7) is -1.21. The van der Waals surface area contributed by atoms with Gasteiger partial charge in [-0.25, -0.2) is 0 Å². The lowest BCUT2D eigenvalue weighted by molar-refractivity contribution is -0.0498. The molecule has 1 rings (SSSR count). The van der Waals surface area contributed by atoms with Crippen molar-refractivity contribution in [3.63, 3.8) is 0 Å². The van der Waals surface area contributed by atoms with Gasteiger partial charge < -0.3 is 4.74 Å². The molecule has 0 saturated heterocycles. The largest absolute Gasteiger partial charge is 0.435 e. The van der Waals surface area contributed by atoms with Gasteiger partial charge in [0.25, 0.3) is 0 Å². The predicted molar refractivity (Wildman–Crippen MR) is 65.4 cm³/mol. The van der Waals surface area contributed by atoms with Crippen molar-refractivity contribution >= 4 is 33.3 Å². The zero-order chi connectivity index (χ0) is 13.0. The van der Waals surface area contributed by atoms with Crippen LogP contribution in [0.3, 0.4) is 0 Å². The number of ketones is 1. The maximum Gasteiger partial charge on any atom is 0.387 e. The highest BCUT2D eigenvalue weighted by Gasteiger charge is 2.17. The van der Waals surface area contributed by atoms with Gasteiger partial charge in [0.1, 0.15) is 5.75 Å². The second kappa shape index (κ2) is 6.31. The first-order chi connectivity index (χ1) is 7.95. The Bertz CT molecular complexity index is 410. The smallest absolute Gasteiger partial charge is 0.387 e. The minimum atomic E-state index is -2.89. The fraction of sp³-hybridized carbons (Fsp3) is 0.364. The normalized spacial score (nSPS) is 12.6. The van der Waals surface area contributed by atoms with Crippen LogP contribution in [0.2, 0.25) is 0 Å². The van der Waals surface area contributed by atoms with Crippen molar-refractivity contribution in [2.45, 2.75) is 24.2 Å². The Morgan fingerprint density at radius 2 is 2.18 bits per heavy atom. The van der Waals surface area contributed by atoms with Gasteiger partial charge in [-0.1, -0.05) is 15.9 Å². The molecule has 0 spiro atoms. The van der Waals surface area contributed by atoms with Crippen molar-refractivity contribution in [2.24, 2.45) is 0 Å². The molecule has 1 aromatic rings. The molecule has 0 saturated carbocycles. The van der Waals surface area contributed by atoms with E-state index in [-0.39, 0.29) is 22.2 Å². The van der Waals surface area contributed by atoms with E-state index in [4.69, 9.17) is 11.6 Å². The van der Waals surface area contributed by atoms with Gasteiger partial charge in [0.2, 0.25) is 0 Å². The molecule has 0 radical (unpaired) electrons. The molecule has 0 aliphatic carbocycles. The van der Waals surface area contributed by atoms with Crippen LogP contribution in [-0.2, 0) is 5.88 Å². The molecule has 0 N–H and O–H groups in total. The van der Waals surface area contributed by atoms with Crippen LogP contribution in [0.15, 0.2) is 18.2 Å². The van der Waals surface area contributed by atoms with Crippen molar-refractivity contribution in [3.05, 3.63) is 29.3 Å². The maximum atomic E-state index is 12.0. The van der Waals surface area contributed by atoms with Crippen molar-refractivity contribution < 1.29 is 18.3 Å². The molecule has 0 aromatic heterocycles.